The number of anilines is 4. The van der Waals surface area contributed by atoms with Gasteiger partial charge >= 0.3 is 0 Å². The van der Waals surface area contributed by atoms with E-state index < -0.39 is 40.9 Å². The lowest BCUT2D eigenvalue weighted by molar-refractivity contribution is -0.181. The van der Waals surface area contributed by atoms with Crippen molar-refractivity contribution < 1.29 is 37.1 Å². The van der Waals surface area contributed by atoms with Gasteiger partial charge in [-0.3, -0.25) is 34.2 Å². The maximum Gasteiger partial charge on any atom is 0.293 e. The Morgan fingerprint density at radius 1 is 1.02 bits per heavy atom. The molecule has 0 saturated carbocycles. The molecule has 1 atom stereocenters. The van der Waals surface area contributed by atoms with E-state index in [-0.39, 0.29) is 92.5 Å². The van der Waals surface area contributed by atoms with Gasteiger partial charge in [0.15, 0.2) is 18.2 Å². The average Bonchev–Trinajstić information content (AvgIpc) is 3.56. The highest BCUT2D eigenvalue weighted by Crippen LogP contribution is 2.52. The molecular formula is C45H50ClF3N10O6. The Balaban J connectivity index is 0.791. The Hall–Kier alpha value is -5.95. The van der Waals surface area contributed by atoms with Crippen molar-refractivity contribution in [3.05, 3.63) is 74.9 Å². The predicted molar refractivity (Wildman–Crippen MR) is 237 cm³/mol. The number of carbonyl (C=O) groups excluding carboxylic acids is 4. The van der Waals surface area contributed by atoms with Gasteiger partial charge in [-0.05, 0) is 94.0 Å². The summed E-state index contributed by atoms with van der Waals surface area (Å²) in [7, 11) is 1.49. The monoisotopic (exact) mass is 918 g/mol. The zero-order valence-corrected chi connectivity index (χ0v) is 37.0. The molecule has 0 radical (unpaired) electrons. The van der Waals surface area contributed by atoms with Crippen LogP contribution in [-0.2, 0) is 20.9 Å². The first-order valence-corrected chi connectivity index (χ1v) is 22.3. The van der Waals surface area contributed by atoms with Gasteiger partial charge in [-0.2, -0.15) is 4.98 Å². The number of fused-ring (bicyclic) bond motifs is 2. The van der Waals surface area contributed by atoms with E-state index in [0.29, 0.717) is 65.1 Å². The second kappa shape index (κ2) is 17.1. The SMILES string of the molecule is CNC(=O)COc1cc2cc(Nc3nc(N4CCC(CN5CCC6(CN(c7cc8c(cc7F)C(=O)N(C7CCC(=O)NC7=O)C8)C6)C(F)(F)C5)CC4)ncc3Cl)ccc2n(C(C)C)c1=O. The number of pyridine rings is 1. The lowest BCUT2D eigenvalue weighted by Gasteiger charge is -2.58. The molecule has 3 N–H and O–H groups in total. The van der Waals surface area contributed by atoms with Crippen molar-refractivity contribution in [1.82, 2.24) is 35.0 Å². The molecule has 65 heavy (non-hydrogen) atoms. The maximum absolute atomic E-state index is 16.1. The number of nitrogens with one attached hydrogen (secondary N) is 3. The molecule has 2 aromatic heterocycles. The van der Waals surface area contributed by atoms with Gasteiger partial charge in [-0.1, -0.05) is 11.6 Å². The predicted octanol–water partition coefficient (Wildman–Crippen LogP) is 4.86. The molecule has 9 rings (SSSR count). The zero-order chi connectivity index (χ0) is 45.9. The summed E-state index contributed by atoms with van der Waals surface area (Å²) in [6, 6.07) is 8.75. The molecule has 5 aliphatic rings. The average molecular weight is 919 g/mol. The van der Waals surface area contributed by atoms with Crippen LogP contribution < -0.4 is 36.0 Å². The molecule has 4 aromatic rings. The van der Waals surface area contributed by atoms with E-state index in [2.05, 4.69) is 25.8 Å². The smallest absolute Gasteiger partial charge is 0.293 e. The van der Waals surface area contributed by atoms with Crippen LogP contribution in [0.2, 0.25) is 5.02 Å². The van der Waals surface area contributed by atoms with Crippen LogP contribution in [0, 0.1) is 17.2 Å². The van der Waals surface area contributed by atoms with Gasteiger partial charge in [-0.15, -0.1) is 0 Å². The number of halogens is 4. The summed E-state index contributed by atoms with van der Waals surface area (Å²) < 4.78 is 54.9. The highest BCUT2D eigenvalue weighted by Gasteiger charge is 2.63. The van der Waals surface area contributed by atoms with E-state index in [0.717, 1.165) is 18.9 Å². The standard InChI is InChI=1S/C45H50ClF3N10O6/c1-25(2)59-33-5-4-29(14-27(33)16-36(42(59)64)65-21-38(61)50-3)52-39-31(46)18-51-43(54-39)56-11-8-26(9-12-56)19-55-13-10-44(45(48,49)24-55)22-57(23-44)35-15-28-20-58(41(63)30(28)17-32(35)47)34-6-7-37(60)53-40(34)62/h4-5,14-18,25-26,34H,6-13,19-24H2,1-3H3,(H,50,61)(H,51,52,54)(H,53,60,62). The van der Waals surface area contributed by atoms with E-state index in [1.165, 1.54) is 24.2 Å². The molecule has 2 aromatic carbocycles. The molecule has 20 heteroatoms. The van der Waals surface area contributed by atoms with Crippen LogP contribution in [0.3, 0.4) is 0 Å². The van der Waals surface area contributed by atoms with Gasteiger partial charge in [0, 0.05) is 75.4 Å². The number of benzene rings is 2. The van der Waals surface area contributed by atoms with E-state index in [1.807, 2.05) is 36.9 Å². The highest BCUT2D eigenvalue weighted by molar-refractivity contribution is 6.33. The number of ether oxygens (including phenoxy) is 1. The summed E-state index contributed by atoms with van der Waals surface area (Å²) in [5.74, 6) is -4.39. The Morgan fingerprint density at radius 3 is 2.49 bits per heavy atom. The first-order valence-electron chi connectivity index (χ1n) is 21.9. The Labute approximate surface area is 377 Å². The zero-order valence-electron chi connectivity index (χ0n) is 36.3. The Morgan fingerprint density at radius 2 is 1.78 bits per heavy atom. The number of hydrogen-bond acceptors (Lipinski definition) is 12. The number of rotatable bonds is 11. The molecular weight excluding hydrogens is 869 g/mol. The van der Waals surface area contributed by atoms with E-state index >= 15 is 13.2 Å². The number of imide groups is 1. The minimum atomic E-state index is -3.00. The van der Waals surface area contributed by atoms with Crippen molar-refractivity contribution in [2.75, 3.05) is 74.6 Å². The van der Waals surface area contributed by atoms with Gasteiger partial charge in [0.05, 0.1) is 29.4 Å². The van der Waals surface area contributed by atoms with Gasteiger partial charge in [0.2, 0.25) is 17.8 Å². The fraction of sp³-hybridized carbons (Fsp3) is 0.489. The van der Waals surface area contributed by atoms with E-state index in [9.17, 15) is 24.0 Å². The largest absolute Gasteiger partial charge is 0.478 e. The molecule has 344 valence electrons. The maximum atomic E-state index is 16.1. The Kier molecular flexibility index (Phi) is 11.7. The first kappa shape index (κ1) is 44.3. The number of alkyl halides is 2. The molecule has 0 bridgehead atoms. The number of aromatic nitrogens is 3. The molecule has 4 fully saturated rings. The summed E-state index contributed by atoms with van der Waals surface area (Å²) in [5.41, 5.74) is 0.531. The summed E-state index contributed by atoms with van der Waals surface area (Å²) in [4.78, 5) is 78.4. The van der Waals surface area contributed by atoms with E-state index in [4.69, 9.17) is 21.3 Å². The molecule has 1 spiro atoms. The van der Waals surface area contributed by atoms with Crippen LogP contribution in [0.15, 0.2) is 47.4 Å². The summed E-state index contributed by atoms with van der Waals surface area (Å²) >= 11 is 6.57. The third-order valence-corrected chi connectivity index (χ3v) is 13.9. The van der Waals surface area contributed by atoms with Crippen LogP contribution >= 0.6 is 11.6 Å². The van der Waals surface area contributed by atoms with Crippen molar-refractivity contribution in [3.8, 4) is 5.75 Å². The van der Waals surface area contributed by atoms with Gasteiger partial charge in [-0.25, -0.2) is 18.2 Å². The molecule has 5 aliphatic heterocycles. The second-order valence-electron chi connectivity index (χ2n) is 18.1. The fourth-order valence-electron chi connectivity index (χ4n) is 9.95. The summed E-state index contributed by atoms with van der Waals surface area (Å²) in [6.45, 7) is 5.42. The third-order valence-electron chi connectivity index (χ3n) is 13.6. The van der Waals surface area contributed by atoms with Gasteiger partial charge in [0.1, 0.15) is 16.9 Å². The minimum Gasteiger partial charge on any atom is -0.478 e. The number of likely N-dealkylation sites (N-methyl/N-ethyl adjacent to an activating group) is 1. The van der Waals surface area contributed by atoms with Crippen LogP contribution in [0.1, 0.15) is 67.9 Å². The summed E-state index contributed by atoms with van der Waals surface area (Å²) in [6.07, 6.45) is 3.58. The van der Waals surface area contributed by atoms with Crippen LogP contribution in [0.5, 0.6) is 5.75 Å². The number of hydrogen-bond donors (Lipinski definition) is 3. The van der Waals surface area contributed by atoms with Gasteiger partial charge in [0.25, 0.3) is 23.3 Å². The van der Waals surface area contributed by atoms with Crippen LogP contribution in [0.25, 0.3) is 10.9 Å². The van der Waals surface area contributed by atoms with Crippen molar-refractivity contribution >= 4 is 69.3 Å². The topological polar surface area (TPSA) is 174 Å². The van der Waals surface area contributed by atoms with Crippen LogP contribution in [0.4, 0.5) is 36.3 Å². The van der Waals surface area contributed by atoms with Crippen molar-refractivity contribution in [3.63, 3.8) is 0 Å². The number of carbonyl (C=O) groups is 4. The lowest BCUT2D eigenvalue weighted by Crippen LogP contribution is -2.70. The quantitative estimate of drug-likeness (QED) is 0.175. The molecule has 4 amide bonds. The van der Waals surface area contributed by atoms with Crippen LogP contribution in [-0.4, -0.2) is 119 Å². The number of likely N-dealkylation sites (tertiary alicyclic amines) is 1. The molecule has 0 aliphatic carbocycles. The second-order valence-corrected chi connectivity index (χ2v) is 18.5. The minimum absolute atomic E-state index is 0.0117. The summed E-state index contributed by atoms with van der Waals surface area (Å²) in [5, 5.41) is 9.02. The van der Waals surface area contributed by atoms with E-state index in [1.54, 1.807) is 15.5 Å². The van der Waals surface area contributed by atoms with Crippen molar-refractivity contribution in [2.45, 2.75) is 70.5 Å². The Bertz CT molecular complexity index is 2650. The molecule has 16 nitrogen and oxygen atoms in total. The number of amides is 4. The third kappa shape index (κ3) is 8.32. The molecule has 1 unspecified atom stereocenters. The first-order chi connectivity index (χ1) is 31.0. The number of nitrogens with zero attached hydrogens (tertiary/aromatic N) is 7. The fourth-order valence-corrected chi connectivity index (χ4v) is 10.1. The van der Waals surface area contributed by atoms with Crippen molar-refractivity contribution in [1.29, 1.82) is 0 Å². The lowest BCUT2D eigenvalue weighted by atomic mass is 9.68. The molecule has 7 heterocycles. The van der Waals surface area contributed by atoms with Gasteiger partial charge < -0.3 is 34.6 Å². The highest BCUT2D eigenvalue weighted by atomic mass is 35.5. The van der Waals surface area contributed by atoms with Crippen molar-refractivity contribution in [2.24, 2.45) is 11.3 Å². The number of piperidine rings is 3. The molecule has 4 saturated heterocycles. The normalized spacial score (nSPS) is 20.9.